The van der Waals surface area contributed by atoms with Crippen molar-refractivity contribution in [1.82, 2.24) is 29.7 Å². The molecule has 9 heteroatoms. The van der Waals surface area contributed by atoms with Crippen molar-refractivity contribution in [2.75, 3.05) is 11.1 Å². The Bertz CT molecular complexity index is 729. The van der Waals surface area contributed by atoms with Gasteiger partial charge in [-0.1, -0.05) is 5.16 Å². The number of aryl methyl sites for hydroxylation is 2. The minimum atomic E-state index is 0.134. The monoisotopic (exact) mass is 286 g/mol. The SMILES string of the molecule is Cc1noc(C)c1CNc1nc(N)nc(-n2ccnc2)n1. The fourth-order valence-corrected chi connectivity index (χ4v) is 1.87. The van der Waals surface area contributed by atoms with Gasteiger partial charge in [-0.2, -0.15) is 15.0 Å². The van der Waals surface area contributed by atoms with Crippen LogP contribution in [0, 0.1) is 13.8 Å². The van der Waals surface area contributed by atoms with Crippen LogP contribution in [0.3, 0.4) is 0 Å². The average Bonchev–Trinajstić information content (AvgIpc) is 3.08. The minimum absolute atomic E-state index is 0.134. The lowest BCUT2D eigenvalue weighted by Gasteiger charge is -2.07. The van der Waals surface area contributed by atoms with E-state index in [1.807, 2.05) is 13.8 Å². The number of nitrogen functional groups attached to an aromatic ring is 1. The van der Waals surface area contributed by atoms with Gasteiger partial charge in [-0.3, -0.25) is 4.57 Å². The van der Waals surface area contributed by atoms with Gasteiger partial charge in [-0.05, 0) is 13.8 Å². The zero-order chi connectivity index (χ0) is 14.8. The smallest absolute Gasteiger partial charge is 0.241 e. The fourth-order valence-electron chi connectivity index (χ4n) is 1.87. The second-order valence-corrected chi connectivity index (χ2v) is 4.44. The van der Waals surface area contributed by atoms with Gasteiger partial charge < -0.3 is 15.6 Å². The van der Waals surface area contributed by atoms with Crippen molar-refractivity contribution < 1.29 is 4.52 Å². The van der Waals surface area contributed by atoms with Gasteiger partial charge in [0.1, 0.15) is 12.1 Å². The van der Waals surface area contributed by atoms with Crippen LogP contribution in [0.15, 0.2) is 23.2 Å². The molecule has 0 aliphatic heterocycles. The maximum Gasteiger partial charge on any atom is 0.241 e. The first-order valence-electron chi connectivity index (χ1n) is 6.29. The van der Waals surface area contributed by atoms with Crippen LogP contribution < -0.4 is 11.1 Å². The van der Waals surface area contributed by atoms with E-state index >= 15 is 0 Å². The van der Waals surface area contributed by atoms with Gasteiger partial charge in [0.25, 0.3) is 0 Å². The van der Waals surface area contributed by atoms with E-state index in [0.717, 1.165) is 17.0 Å². The van der Waals surface area contributed by atoms with E-state index in [-0.39, 0.29) is 5.95 Å². The number of hydrogen-bond donors (Lipinski definition) is 2. The summed E-state index contributed by atoms with van der Waals surface area (Å²) in [5, 5.41) is 6.99. The van der Waals surface area contributed by atoms with E-state index in [0.29, 0.717) is 18.4 Å². The molecule has 3 heterocycles. The molecule has 3 aromatic rings. The van der Waals surface area contributed by atoms with Gasteiger partial charge in [0.05, 0.1) is 5.69 Å². The predicted octanol–water partition coefficient (Wildman–Crippen LogP) is 0.856. The quantitative estimate of drug-likeness (QED) is 0.724. The number of aromatic nitrogens is 6. The highest BCUT2D eigenvalue weighted by molar-refractivity contribution is 5.36. The summed E-state index contributed by atoms with van der Waals surface area (Å²) >= 11 is 0. The van der Waals surface area contributed by atoms with Crippen LogP contribution in [0.4, 0.5) is 11.9 Å². The molecule has 0 saturated heterocycles. The van der Waals surface area contributed by atoms with Crippen molar-refractivity contribution in [3.63, 3.8) is 0 Å². The average molecular weight is 286 g/mol. The van der Waals surface area contributed by atoms with Gasteiger partial charge in [-0.15, -0.1) is 0 Å². The summed E-state index contributed by atoms with van der Waals surface area (Å²) in [6.07, 6.45) is 4.95. The Labute approximate surface area is 120 Å². The predicted molar refractivity (Wildman–Crippen MR) is 74.7 cm³/mol. The molecule has 0 unspecified atom stereocenters. The van der Waals surface area contributed by atoms with Crippen LogP contribution in [0.25, 0.3) is 5.95 Å². The van der Waals surface area contributed by atoms with E-state index in [4.69, 9.17) is 10.3 Å². The van der Waals surface area contributed by atoms with Crippen LogP contribution in [0.5, 0.6) is 0 Å². The molecule has 0 atom stereocenters. The van der Waals surface area contributed by atoms with Crippen LogP contribution in [0.2, 0.25) is 0 Å². The second kappa shape index (κ2) is 5.19. The molecule has 0 saturated carbocycles. The Kier molecular flexibility index (Phi) is 3.22. The standard InChI is InChI=1S/C12H14N8O/c1-7-9(8(2)21-19-7)5-15-11-16-10(13)17-12(18-11)20-4-3-14-6-20/h3-4,6H,5H2,1-2H3,(H3,13,15,16,17,18). The third kappa shape index (κ3) is 2.66. The molecular formula is C12H14N8O. The van der Waals surface area contributed by atoms with Crippen LogP contribution in [-0.2, 0) is 6.54 Å². The van der Waals surface area contributed by atoms with Crippen LogP contribution in [-0.4, -0.2) is 29.7 Å². The molecule has 3 N–H and O–H groups in total. The molecule has 0 aliphatic carbocycles. The fraction of sp³-hybridized carbons (Fsp3) is 0.250. The third-order valence-electron chi connectivity index (χ3n) is 2.98. The molecule has 0 spiro atoms. The van der Waals surface area contributed by atoms with E-state index < -0.39 is 0 Å². The van der Waals surface area contributed by atoms with Gasteiger partial charge in [-0.25, -0.2) is 4.98 Å². The molecule has 0 radical (unpaired) electrons. The second-order valence-electron chi connectivity index (χ2n) is 4.44. The van der Waals surface area contributed by atoms with Gasteiger partial charge in [0.15, 0.2) is 0 Å². The first-order chi connectivity index (χ1) is 10.1. The summed E-state index contributed by atoms with van der Waals surface area (Å²) < 4.78 is 6.76. The number of anilines is 2. The lowest BCUT2D eigenvalue weighted by molar-refractivity contribution is 0.392. The molecule has 0 bridgehead atoms. The van der Waals surface area contributed by atoms with Crippen molar-refractivity contribution in [3.8, 4) is 5.95 Å². The number of hydrogen-bond acceptors (Lipinski definition) is 8. The Balaban J connectivity index is 1.83. The molecule has 0 amide bonds. The zero-order valence-corrected chi connectivity index (χ0v) is 11.6. The number of nitrogens with two attached hydrogens (primary N) is 1. The summed E-state index contributed by atoms with van der Waals surface area (Å²) in [7, 11) is 0. The van der Waals surface area contributed by atoms with Crippen molar-refractivity contribution in [2.24, 2.45) is 0 Å². The largest absolute Gasteiger partial charge is 0.368 e. The third-order valence-corrected chi connectivity index (χ3v) is 2.98. The number of nitrogens with zero attached hydrogens (tertiary/aromatic N) is 6. The lowest BCUT2D eigenvalue weighted by atomic mass is 10.2. The number of rotatable bonds is 4. The normalized spacial score (nSPS) is 10.8. The van der Waals surface area contributed by atoms with Crippen molar-refractivity contribution in [2.45, 2.75) is 20.4 Å². The lowest BCUT2D eigenvalue weighted by Crippen LogP contribution is -2.11. The summed E-state index contributed by atoms with van der Waals surface area (Å²) in [6.45, 7) is 4.23. The maximum atomic E-state index is 5.71. The first-order valence-corrected chi connectivity index (χ1v) is 6.29. The van der Waals surface area contributed by atoms with E-state index in [2.05, 4.69) is 30.4 Å². The zero-order valence-electron chi connectivity index (χ0n) is 11.6. The molecule has 0 fully saturated rings. The first kappa shape index (κ1) is 13.0. The van der Waals surface area contributed by atoms with Gasteiger partial charge >= 0.3 is 0 Å². The number of nitrogens with one attached hydrogen (secondary N) is 1. The van der Waals surface area contributed by atoms with Crippen molar-refractivity contribution in [1.29, 1.82) is 0 Å². The van der Waals surface area contributed by atoms with Gasteiger partial charge in [0, 0.05) is 24.5 Å². The van der Waals surface area contributed by atoms with E-state index in [1.165, 1.54) is 0 Å². The molecule has 3 aromatic heterocycles. The minimum Gasteiger partial charge on any atom is -0.368 e. The summed E-state index contributed by atoms with van der Waals surface area (Å²) in [5.41, 5.74) is 7.51. The molecule has 0 aromatic carbocycles. The Morgan fingerprint density at radius 2 is 2.14 bits per heavy atom. The Morgan fingerprint density at radius 3 is 2.81 bits per heavy atom. The summed E-state index contributed by atoms with van der Waals surface area (Å²) in [4.78, 5) is 16.4. The van der Waals surface area contributed by atoms with Crippen LogP contribution >= 0.6 is 0 Å². The molecule has 9 nitrogen and oxygen atoms in total. The highest BCUT2D eigenvalue weighted by Crippen LogP contribution is 2.14. The molecule has 0 aliphatic rings. The van der Waals surface area contributed by atoms with E-state index in [9.17, 15) is 0 Å². The maximum absolute atomic E-state index is 5.71. The summed E-state index contributed by atoms with van der Waals surface area (Å²) in [5.74, 6) is 1.68. The Hall–Kier alpha value is -2.97. The Morgan fingerprint density at radius 1 is 1.29 bits per heavy atom. The molecule has 108 valence electrons. The van der Waals surface area contributed by atoms with Crippen molar-refractivity contribution in [3.05, 3.63) is 35.7 Å². The van der Waals surface area contributed by atoms with Gasteiger partial charge in [0.2, 0.25) is 17.8 Å². The summed E-state index contributed by atoms with van der Waals surface area (Å²) in [6, 6.07) is 0. The molecular weight excluding hydrogens is 272 g/mol. The highest BCUT2D eigenvalue weighted by Gasteiger charge is 2.10. The topological polar surface area (TPSA) is 121 Å². The molecule has 3 rings (SSSR count). The highest BCUT2D eigenvalue weighted by atomic mass is 16.5. The number of imidazole rings is 1. The molecule has 21 heavy (non-hydrogen) atoms. The van der Waals surface area contributed by atoms with E-state index in [1.54, 1.807) is 23.3 Å². The van der Waals surface area contributed by atoms with Crippen LogP contribution in [0.1, 0.15) is 17.0 Å². The van der Waals surface area contributed by atoms with Crippen molar-refractivity contribution >= 4 is 11.9 Å².